The van der Waals surface area contributed by atoms with Crippen LogP contribution in [0.5, 0.6) is 0 Å². The summed E-state index contributed by atoms with van der Waals surface area (Å²) in [5.74, 6) is -0.567. The number of nitrogens with one attached hydrogen (secondary N) is 1. The second kappa shape index (κ2) is 63.5. The number of ether oxygens (including phenoxy) is 1. The largest absolute Gasteiger partial charge is 0.756 e. The van der Waals surface area contributed by atoms with E-state index in [0.29, 0.717) is 23.9 Å². The second-order valence-electron chi connectivity index (χ2n) is 25.4. The molecule has 0 aliphatic rings. The zero-order valence-corrected chi connectivity index (χ0v) is 57.0. The summed E-state index contributed by atoms with van der Waals surface area (Å²) in [5, 5.41) is 3.04. The molecule has 1 amide bonds. The fraction of sp³-hybridized carbons (Fsp3) is 0.811. The molecule has 0 saturated carbocycles. The minimum Gasteiger partial charge on any atom is -0.756 e. The fourth-order valence-electron chi connectivity index (χ4n) is 10.3. The van der Waals surface area contributed by atoms with Gasteiger partial charge in [0, 0.05) is 12.8 Å². The minimum atomic E-state index is -4.71. The van der Waals surface area contributed by atoms with Crippen LogP contribution in [0.25, 0.3) is 0 Å². The molecule has 9 nitrogen and oxygen atoms in total. The first-order valence-corrected chi connectivity index (χ1v) is 37.2. The molecule has 1 N–H and O–H groups in total. The number of phosphoric acid groups is 1. The third-order valence-corrected chi connectivity index (χ3v) is 16.8. The molecule has 0 rings (SSSR count). The zero-order valence-electron chi connectivity index (χ0n) is 56.1. The highest BCUT2D eigenvalue weighted by Crippen LogP contribution is 2.38. The van der Waals surface area contributed by atoms with E-state index in [1.165, 1.54) is 218 Å². The number of quaternary nitrogens is 1. The number of nitrogens with zero attached hydrogens (tertiary/aromatic N) is 1. The van der Waals surface area contributed by atoms with Crippen molar-refractivity contribution in [3.05, 3.63) is 72.9 Å². The molecule has 0 saturated heterocycles. The lowest BCUT2D eigenvalue weighted by Gasteiger charge is -2.30. The highest BCUT2D eigenvalue weighted by molar-refractivity contribution is 7.45. The second-order valence-corrected chi connectivity index (χ2v) is 26.8. The van der Waals surface area contributed by atoms with Gasteiger partial charge in [-0.25, -0.2) is 0 Å². The number of likely N-dealkylation sites (N-methyl/N-ethyl adjacent to an activating group) is 1. The molecule has 0 aliphatic heterocycles. The molecule has 3 unspecified atom stereocenters. The van der Waals surface area contributed by atoms with E-state index >= 15 is 0 Å². The van der Waals surface area contributed by atoms with E-state index in [-0.39, 0.29) is 24.9 Å². The number of hydrogen-bond donors (Lipinski definition) is 1. The molecule has 0 heterocycles. The molecule has 0 spiro atoms. The Balaban J connectivity index is 5.05. The zero-order chi connectivity index (χ0) is 61.4. The summed E-state index contributed by atoms with van der Waals surface area (Å²) in [4.78, 5) is 40.2. The predicted octanol–water partition coefficient (Wildman–Crippen LogP) is 22.1. The Hall–Kier alpha value is -2.55. The lowest BCUT2D eigenvalue weighted by atomic mass is 10.0. The predicted molar refractivity (Wildman–Crippen MR) is 362 cm³/mol. The topological polar surface area (TPSA) is 114 Å². The fourth-order valence-corrected chi connectivity index (χ4v) is 11.0. The van der Waals surface area contributed by atoms with E-state index in [4.69, 9.17) is 13.8 Å². The van der Waals surface area contributed by atoms with Gasteiger partial charge in [0.15, 0.2) is 0 Å². The molecule has 10 heteroatoms. The maximum atomic E-state index is 13.6. The number of allylic oxidation sites excluding steroid dienone is 11. The average Bonchev–Trinajstić information content (AvgIpc) is 3.65. The Bertz CT molecular complexity index is 1670. The molecule has 3 atom stereocenters. The van der Waals surface area contributed by atoms with Crippen LogP contribution in [0.3, 0.4) is 0 Å². The van der Waals surface area contributed by atoms with Crippen LogP contribution >= 0.6 is 7.82 Å². The van der Waals surface area contributed by atoms with Crippen molar-refractivity contribution >= 4 is 19.7 Å². The van der Waals surface area contributed by atoms with Crippen molar-refractivity contribution in [1.82, 2.24) is 5.32 Å². The molecule has 490 valence electrons. The molecule has 0 fully saturated rings. The van der Waals surface area contributed by atoms with E-state index < -0.39 is 26.6 Å². The standard InChI is InChI=1S/C74H137N2O7P/c1-7-10-13-16-19-22-25-28-30-32-34-35-36-37-38-39-40-41-43-44-46-48-51-54-57-60-63-66-73(77)75-71(70-82-84(79,80)81-69-68-76(4,5)6)72(65-62-59-56-53-50-27-24-21-18-15-12-9-3)83-74(78)67-64-61-58-55-52-49-47-45-42-33-31-29-26-23-20-17-14-11-8-2/h20,23,28-31,42,45,49,52,62,65,71-72H,7-19,21-22,24-27,32-41,43-44,46-48,50-51,53-61,63-64,66-70H2,1-6H3,(H-,75,77,79,80)/b23-20-,30-28+,31-29-,45-42-,52-49-,65-62-. The number of hydrogen-bond acceptors (Lipinski definition) is 7. The van der Waals surface area contributed by atoms with Gasteiger partial charge < -0.3 is 28.5 Å². The molecule has 0 aliphatic carbocycles. The first kappa shape index (κ1) is 81.5. The quantitative estimate of drug-likeness (QED) is 0.0212. The Morgan fingerprint density at radius 2 is 0.726 bits per heavy atom. The van der Waals surface area contributed by atoms with Gasteiger partial charge in [-0.2, -0.15) is 0 Å². The monoisotopic (exact) mass is 1200 g/mol. The molecule has 0 aromatic heterocycles. The summed E-state index contributed by atoms with van der Waals surface area (Å²) in [6.45, 7) is 6.82. The Morgan fingerprint density at radius 1 is 0.417 bits per heavy atom. The Labute approximate surface area is 521 Å². The first-order chi connectivity index (χ1) is 40.9. The average molecular weight is 1200 g/mol. The highest BCUT2D eigenvalue weighted by atomic mass is 31.2. The maximum Gasteiger partial charge on any atom is 0.306 e. The minimum absolute atomic E-state index is 0.0285. The van der Waals surface area contributed by atoms with Crippen molar-refractivity contribution in [2.24, 2.45) is 0 Å². The Kier molecular flexibility index (Phi) is 61.5. The van der Waals surface area contributed by atoms with E-state index in [1.54, 1.807) is 0 Å². The SMILES string of the molecule is CCCCC/C=C\C/C=C\C/C=C\C/C=C\CCCCCC(=O)OC(/C=C\CCCCCCCCCCCC)C(COP(=O)([O-])OCC[N+](C)(C)C)NC(=O)CCCCCCCCCCCCCCCCCCC/C=C/CCCCCCCC. The summed E-state index contributed by atoms with van der Waals surface area (Å²) >= 11 is 0. The lowest BCUT2D eigenvalue weighted by molar-refractivity contribution is -0.870. The van der Waals surface area contributed by atoms with Crippen molar-refractivity contribution in [2.45, 2.75) is 348 Å². The van der Waals surface area contributed by atoms with Crippen LogP contribution in [0.4, 0.5) is 0 Å². The van der Waals surface area contributed by atoms with Crippen molar-refractivity contribution in [1.29, 1.82) is 0 Å². The molecular formula is C74H137N2O7P. The third-order valence-electron chi connectivity index (χ3n) is 15.9. The van der Waals surface area contributed by atoms with Gasteiger partial charge in [0.05, 0.1) is 33.8 Å². The van der Waals surface area contributed by atoms with Crippen molar-refractivity contribution in [3.8, 4) is 0 Å². The third kappa shape index (κ3) is 63.9. The van der Waals surface area contributed by atoms with E-state index in [1.807, 2.05) is 33.3 Å². The number of carbonyl (C=O) groups is 2. The van der Waals surface area contributed by atoms with Gasteiger partial charge in [-0.05, 0) is 102 Å². The van der Waals surface area contributed by atoms with E-state index in [9.17, 15) is 19.0 Å². The molecule has 0 aromatic carbocycles. The van der Waals surface area contributed by atoms with Gasteiger partial charge >= 0.3 is 5.97 Å². The molecule has 0 bridgehead atoms. The number of rotatable bonds is 65. The van der Waals surface area contributed by atoms with Crippen LogP contribution in [-0.2, 0) is 27.9 Å². The summed E-state index contributed by atoms with van der Waals surface area (Å²) in [7, 11) is 1.17. The molecular weight excluding hydrogens is 1060 g/mol. The molecule has 84 heavy (non-hydrogen) atoms. The van der Waals surface area contributed by atoms with Gasteiger partial charge in [0.25, 0.3) is 7.82 Å². The molecule has 0 radical (unpaired) electrons. The van der Waals surface area contributed by atoms with Crippen LogP contribution < -0.4 is 10.2 Å². The summed E-state index contributed by atoms with van der Waals surface area (Å²) < 4.78 is 30.4. The van der Waals surface area contributed by atoms with Gasteiger partial charge in [-0.1, -0.05) is 293 Å². The maximum absolute atomic E-state index is 13.6. The molecule has 0 aromatic rings. The van der Waals surface area contributed by atoms with Crippen molar-refractivity contribution in [2.75, 3.05) is 40.9 Å². The number of amides is 1. The number of phosphoric ester groups is 1. The summed E-state index contributed by atoms with van der Waals surface area (Å²) in [6, 6.07) is -0.904. The number of unbranched alkanes of at least 4 members (excludes halogenated alkanes) is 39. The van der Waals surface area contributed by atoms with Gasteiger partial charge in [0.2, 0.25) is 5.91 Å². The number of esters is 1. The Morgan fingerprint density at radius 3 is 1.13 bits per heavy atom. The van der Waals surface area contributed by atoms with Crippen LogP contribution in [-0.4, -0.2) is 69.4 Å². The van der Waals surface area contributed by atoms with Crippen LogP contribution in [0.15, 0.2) is 72.9 Å². The highest BCUT2D eigenvalue weighted by Gasteiger charge is 2.27. The van der Waals surface area contributed by atoms with E-state index in [0.717, 1.165) is 77.0 Å². The number of carbonyl (C=O) groups excluding carboxylic acids is 2. The lowest BCUT2D eigenvalue weighted by Crippen LogP contribution is -2.47. The first-order valence-electron chi connectivity index (χ1n) is 35.7. The van der Waals surface area contributed by atoms with Crippen LogP contribution in [0.1, 0.15) is 335 Å². The van der Waals surface area contributed by atoms with Crippen LogP contribution in [0.2, 0.25) is 0 Å². The normalized spacial score (nSPS) is 13.9. The summed E-state index contributed by atoms with van der Waals surface area (Å²) in [5.41, 5.74) is 0. The van der Waals surface area contributed by atoms with Crippen molar-refractivity contribution in [3.63, 3.8) is 0 Å². The van der Waals surface area contributed by atoms with Crippen LogP contribution in [0, 0.1) is 0 Å². The van der Waals surface area contributed by atoms with Crippen molar-refractivity contribution < 1.29 is 37.3 Å². The van der Waals surface area contributed by atoms with Gasteiger partial charge in [-0.3, -0.25) is 14.2 Å². The van der Waals surface area contributed by atoms with Gasteiger partial charge in [-0.15, -0.1) is 0 Å². The smallest absolute Gasteiger partial charge is 0.306 e. The van der Waals surface area contributed by atoms with E-state index in [2.05, 4.69) is 86.8 Å². The summed E-state index contributed by atoms with van der Waals surface area (Å²) in [6.07, 6.45) is 83.2. The van der Waals surface area contributed by atoms with Gasteiger partial charge in [0.1, 0.15) is 19.3 Å².